The van der Waals surface area contributed by atoms with Gasteiger partial charge in [-0.15, -0.1) is 22.7 Å². The van der Waals surface area contributed by atoms with Crippen LogP contribution in [0.4, 0.5) is 5.13 Å². The lowest BCUT2D eigenvalue weighted by Gasteiger charge is -2.42. The first kappa shape index (κ1) is 28.3. The zero-order valence-corrected chi connectivity index (χ0v) is 23.7. The average Bonchev–Trinajstić information content (AvgIpc) is 3.44. The summed E-state index contributed by atoms with van der Waals surface area (Å²) in [6.45, 7) is 19.4. The number of carbonyl (C=O) groups is 1. The van der Waals surface area contributed by atoms with Crippen molar-refractivity contribution in [2.45, 2.75) is 74.8 Å². The van der Waals surface area contributed by atoms with Crippen LogP contribution in [0.5, 0.6) is 0 Å². The fraction of sp³-hybridized carbons (Fsp3) is 0.571. The number of allylic oxidation sites excluding steroid dienone is 4. The van der Waals surface area contributed by atoms with Crippen LogP contribution in [0.2, 0.25) is 0 Å². The number of aliphatic carboxylic acids is 1. The number of hydrogen-bond donors (Lipinski definition) is 1. The largest absolute Gasteiger partial charge is 0.481 e. The highest BCUT2D eigenvalue weighted by atomic mass is 32.1. The molecule has 0 saturated heterocycles. The minimum Gasteiger partial charge on any atom is -0.481 e. The predicted molar refractivity (Wildman–Crippen MR) is 149 cm³/mol. The summed E-state index contributed by atoms with van der Waals surface area (Å²) >= 11 is 3.28. The van der Waals surface area contributed by atoms with Gasteiger partial charge in [0.2, 0.25) is 0 Å². The van der Waals surface area contributed by atoms with E-state index in [1.54, 1.807) is 22.7 Å². The fourth-order valence-electron chi connectivity index (χ4n) is 4.21. The molecule has 2 rings (SSSR count). The number of rotatable bonds is 12. The van der Waals surface area contributed by atoms with Crippen molar-refractivity contribution in [1.29, 1.82) is 0 Å². The highest BCUT2D eigenvalue weighted by Crippen LogP contribution is 2.46. The molecule has 6 heteroatoms. The first-order valence-electron chi connectivity index (χ1n) is 12.1. The number of anilines is 1. The van der Waals surface area contributed by atoms with Crippen LogP contribution in [0.25, 0.3) is 5.57 Å². The number of hydrogen-bond acceptors (Lipinski definition) is 5. The molecule has 0 aromatic carbocycles. The smallest absolute Gasteiger partial charge is 0.305 e. The van der Waals surface area contributed by atoms with E-state index in [4.69, 9.17) is 4.98 Å². The van der Waals surface area contributed by atoms with E-state index < -0.39 is 5.97 Å². The Morgan fingerprint density at radius 3 is 2.44 bits per heavy atom. The van der Waals surface area contributed by atoms with E-state index in [0.717, 1.165) is 17.2 Å². The van der Waals surface area contributed by atoms with Crippen LogP contribution >= 0.6 is 22.7 Å². The van der Waals surface area contributed by atoms with Crippen LogP contribution in [-0.4, -0.2) is 22.6 Å². The van der Waals surface area contributed by atoms with Crippen molar-refractivity contribution in [1.82, 2.24) is 4.98 Å². The van der Waals surface area contributed by atoms with Crippen molar-refractivity contribution in [2.75, 3.05) is 11.4 Å². The molecule has 0 aliphatic rings. The third-order valence-electron chi connectivity index (χ3n) is 6.72. The number of nitrogens with zero attached hydrogens (tertiary/aromatic N) is 2. The van der Waals surface area contributed by atoms with Crippen molar-refractivity contribution < 1.29 is 9.90 Å². The zero-order valence-electron chi connectivity index (χ0n) is 22.1. The Balaban J connectivity index is 2.40. The lowest BCUT2D eigenvalue weighted by atomic mass is 9.62. The monoisotopic (exact) mass is 502 g/mol. The first-order valence-corrected chi connectivity index (χ1v) is 13.9. The van der Waals surface area contributed by atoms with Crippen molar-refractivity contribution in [3.05, 3.63) is 51.7 Å². The van der Waals surface area contributed by atoms with Crippen LogP contribution in [0.3, 0.4) is 0 Å². The van der Waals surface area contributed by atoms with E-state index in [1.165, 1.54) is 10.5 Å². The van der Waals surface area contributed by atoms with Gasteiger partial charge in [0.25, 0.3) is 0 Å². The second-order valence-electron chi connectivity index (χ2n) is 10.8. The Labute approximate surface area is 214 Å². The summed E-state index contributed by atoms with van der Waals surface area (Å²) in [7, 11) is 0. The minimum atomic E-state index is -0.786. The molecule has 2 heterocycles. The summed E-state index contributed by atoms with van der Waals surface area (Å²) in [5, 5.41) is 14.3. The molecule has 2 aromatic heterocycles. The second-order valence-corrected chi connectivity index (χ2v) is 12.7. The molecule has 34 heavy (non-hydrogen) atoms. The topological polar surface area (TPSA) is 53.4 Å². The number of aromatic nitrogens is 1. The molecule has 0 spiro atoms. The summed E-state index contributed by atoms with van der Waals surface area (Å²) in [6.07, 6.45) is 8.17. The maximum Gasteiger partial charge on any atom is 0.305 e. The maximum atomic E-state index is 11.2. The predicted octanol–water partition coefficient (Wildman–Crippen LogP) is 8.38. The molecule has 2 atom stereocenters. The highest BCUT2D eigenvalue weighted by molar-refractivity contribution is 7.14. The molecule has 2 aromatic rings. The zero-order chi connectivity index (χ0) is 25.5. The quantitative estimate of drug-likeness (QED) is 0.296. The second kappa shape index (κ2) is 12.2. The lowest BCUT2D eigenvalue weighted by molar-refractivity contribution is -0.136. The van der Waals surface area contributed by atoms with Crippen LogP contribution in [0.15, 0.2) is 41.1 Å². The van der Waals surface area contributed by atoms with Gasteiger partial charge in [0.15, 0.2) is 5.13 Å². The Morgan fingerprint density at radius 1 is 1.21 bits per heavy atom. The van der Waals surface area contributed by atoms with Gasteiger partial charge in [-0.25, -0.2) is 4.98 Å². The molecule has 0 fully saturated rings. The standard InChI is InChI=1S/C28H42N2O2S2/c1-9-12-22(27(4,5)6)23(28(7,8)10-2)17-20(3)24-19-34-26(29-24)30(15-14-25(31)32)18-21-13-11-16-33-21/h9,11-13,16-17,19,22-23H,10,14-15,18H2,1-8H3,(H,31,32)/b12-9-,20-17+. The maximum absolute atomic E-state index is 11.2. The van der Waals surface area contributed by atoms with E-state index in [-0.39, 0.29) is 17.3 Å². The molecule has 0 amide bonds. The number of thiophene rings is 1. The van der Waals surface area contributed by atoms with E-state index in [9.17, 15) is 9.90 Å². The Kier molecular flexibility index (Phi) is 10.1. The van der Waals surface area contributed by atoms with Gasteiger partial charge in [-0.3, -0.25) is 4.79 Å². The Hall–Kier alpha value is -1.92. The molecule has 2 unspecified atom stereocenters. The minimum absolute atomic E-state index is 0.0957. The van der Waals surface area contributed by atoms with E-state index in [0.29, 0.717) is 24.9 Å². The number of carboxylic acid groups (broad SMARTS) is 1. The van der Waals surface area contributed by atoms with Gasteiger partial charge in [-0.05, 0) is 53.5 Å². The van der Waals surface area contributed by atoms with E-state index in [1.807, 2.05) is 6.07 Å². The molecule has 1 N–H and O–H groups in total. The summed E-state index contributed by atoms with van der Waals surface area (Å²) in [6, 6.07) is 4.12. The molecular formula is C28H42N2O2S2. The third-order valence-corrected chi connectivity index (χ3v) is 8.48. The van der Waals surface area contributed by atoms with Gasteiger partial charge in [-0.1, -0.05) is 72.3 Å². The number of carboxylic acids is 1. The van der Waals surface area contributed by atoms with Gasteiger partial charge in [0.1, 0.15) is 0 Å². The fourth-order valence-corrected chi connectivity index (χ4v) is 5.85. The van der Waals surface area contributed by atoms with Gasteiger partial charge in [0.05, 0.1) is 18.7 Å². The van der Waals surface area contributed by atoms with Crippen molar-refractivity contribution in [3.63, 3.8) is 0 Å². The third kappa shape index (κ3) is 7.81. The van der Waals surface area contributed by atoms with Crippen LogP contribution < -0.4 is 4.90 Å². The normalized spacial score (nSPS) is 15.0. The van der Waals surface area contributed by atoms with Crippen LogP contribution in [0, 0.1) is 22.7 Å². The highest BCUT2D eigenvalue weighted by Gasteiger charge is 2.37. The SMILES string of the molecule is C/C=C\C(C(/C=C(\C)c1csc(N(CCC(=O)O)Cc2cccs2)n1)C(C)(C)CC)C(C)(C)C. The molecule has 0 aliphatic carbocycles. The Morgan fingerprint density at radius 2 is 1.91 bits per heavy atom. The average molecular weight is 503 g/mol. The van der Waals surface area contributed by atoms with Crippen molar-refractivity contribution >= 4 is 39.3 Å². The summed E-state index contributed by atoms with van der Waals surface area (Å²) in [5.74, 6) is -0.00893. The van der Waals surface area contributed by atoms with E-state index in [2.05, 4.69) is 95.3 Å². The molecule has 0 bridgehead atoms. The molecule has 0 radical (unpaired) electrons. The van der Waals surface area contributed by atoms with E-state index >= 15 is 0 Å². The molecule has 0 saturated carbocycles. The molecule has 4 nitrogen and oxygen atoms in total. The van der Waals surface area contributed by atoms with Gasteiger partial charge in [0, 0.05) is 16.8 Å². The summed E-state index contributed by atoms with van der Waals surface area (Å²) in [4.78, 5) is 19.5. The van der Waals surface area contributed by atoms with Crippen LogP contribution in [-0.2, 0) is 11.3 Å². The van der Waals surface area contributed by atoms with Gasteiger partial charge < -0.3 is 10.0 Å². The molecule has 188 valence electrons. The van der Waals surface area contributed by atoms with Gasteiger partial charge >= 0.3 is 5.97 Å². The first-order chi connectivity index (χ1) is 15.9. The van der Waals surface area contributed by atoms with Crippen molar-refractivity contribution in [3.8, 4) is 0 Å². The van der Waals surface area contributed by atoms with Gasteiger partial charge in [-0.2, -0.15) is 0 Å². The molecular weight excluding hydrogens is 460 g/mol. The molecule has 0 aliphatic heterocycles. The lowest BCUT2D eigenvalue weighted by Crippen LogP contribution is -2.35. The Bertz CT molecular complexity index is 965. The summed E-state index contributed by atoms with van der Waals surface area (Å²) < 4.78 is 0. The van der Waals surface area contributed by atoms with Crippen LogP contribution in [0.1, 0.15) is 78.8 Å². The number of thiazole rings is 1. The van der Waals surface area contributed by atoms with Crippen molar-refractivity contribution in [2.24, 2.45) is 22.7 Å². The summed E-state index contributed by atoms with van der Waals surface area (Å²) in [5.41, 5.74) is 2.45.